The molecule has 0 bridgehead atoms. The smallest absolute Gasteiger partial charge is 0.0495 e. The van der Waals surface area contributed by atoms with E-state index >= 15 is 0 Å². The van der Waals surface area contributed by atoms with E-state index in [4.69, 9.17) is 0 Å². The highest BCUT2D eigenvalue weighted by Crippen LogP contribution is 2.50. The fraction of sp³-hybridized carbons (Fsp3) is 0.118. The number of nitrogens with zero attached hydrogens (tertiary/aromatic N) is 1. The summed E-state index contributed by atoms with van der Waals surface area (Å²) in [4.78, 5) is 0. The van der Waals surface area contributed by atoms with Gasteiger partial charge in [-0.25, -0.2) is 0 Å². The molecule has 1 nitrogen and oxygen atoms in total. The predicted octanol–water partition coefficient (Wildman–Crippen LogP) is 9.67. The third-order valence-corrected chi connectivity index (χ3v) is 9.65. The van der Waals surface area contributed by atoms with Crippen LogP contribution in [-0.2, 0) is 12.5 Å². The number of aryl methyl sites for hydroxylation is 1. The van der Waals surface area contributed by atoms with Gasteiger partial charge in [0, 0.05) is 54.4 Å². The number of thiophene rings is 1. The molecule has 0 spiro atoms. The van der Waals surface area contributed by atoms with Gasteiger partial charge < -0.3 is 4.57 Å². The zero-order chi connectivity index (χ0) is 24.2. The number of aromatic nitrogens is 1. The molecular weight excluding hydrogens is 454 g/mol. The summed E-state index contributed by atoms with van der Waals surface area (Å²) in [6.07, 6.45) is 0. The summed E-state index contributed by atoms with van der Waals surface area (Å²) in [5.41, 5.74) is 10.8. The molecule has 7 aromatic rings. The zero-order valence-electron chi connectivity index (χ0n) is 20.6. The predicted molar refractivity (Wildman–Crippen MR) is 156 cm³/mol. The van der Waals surface area contributed by atoms with Crippen LogP contribution in [0.3, 0.4) is 0 Å². The van der Waals surface area contributed by atoms with Crippen molar-refractivity contribution in [3.05, 3.63) is 108 Å². The summed E-state index contributed by atoms with van der Waals surface area (Å²) in [7, 11) is 2.22. The molecule has 2 heteroatoms. The second-order valence-corrected chi connectivity index (χ2v) is 11.7. The van der Waals surface area contributed by atoms with Crippen LogP contribution in [0, 0.1) is 0 Å². The Balaban J connectivity index is 1.38. The van der Waals surface area contributed by atoms with Crippen molar-refractivity contribution in [1.82, 2.24) is 4.57 Å². The average Bonchev–Trinajstić information content (AvgIpc) is 3.50. The van der Waals surface area contributed by atoms with E-state index in [1.165, 1.54) is 75.4 Å². The van der Waals surface area contributed by atoms with Gasteiger partial charge in [-0.15, -0.1) is 11.3 Å². The van der Waals surface area contributed by atoms with E-state index < -0.39 is 0 Å². The van der Waals surface area contributed by atoms with E-state index in [9.17, 15) is 0 Å². The van der Waals surface area contributed by atoms with Gasteiger partial charge in [0.2, 0.25) is 0 Å². The summed E-state index contributed by atoms with van der Waals surface area (Å²) < 4.78 is 5.10. The fourth-order valence-electron chi connectivity index (χ4n) is 6.54. The highest BCUT2D eigenvalue weighted by Gasteiger charge is 2.35. The summed E-state index contributed by atoms with van der Waals surface area (Å²) in [5, 5.41) is 5.37. The molecule has 0 fully saturated rings. The zero-order valence-corrected chi connectivity index (χ0v) is 21.4. The molecule has 5 aromatic carbocycles. The minimum absolute atomic E-state index is 0.0129. The monoisotopic (exact) mass is 479 g/mol. The Bertz CT molecular complexity index is 2030. The van der Waals surface area contributed by atoms with Crippen LogP contribution in [-0.4, -0.2) is 4.57 Å². The number of hydrogen-bond acceptors (Lipinski definition) is 1. The minimum atomic E-state index is 0.0129. The Morgan fingerprint density at radius 2 is 1.33 bits per heavy atom. The van der Waals surface area contributed by atoms with E-state index in [-0.39, 0.29) is 5.41 Å². The third-order valence-electron chi connectivity index (χ3n) is 8.43. The SMILES string of the molecule is Cn1c2cc(-c3cccc4c3sc3ccccc34)ccc2c2cc3c(cc21)-c1ccccc1C3(C)C. The van der Waals surface area contributed by atoms with E-state index in [1.807, 2.05) is 11.3 Å². The van der Waals surface area contributed by atoms with Gasteiger partial charge in [-0.1, -0.05) is 86.6 Å². The Morgan fingerprint density at radius 3 is 2.25 bits per heavy atom. The molecule has 2 aromatic heterocycles. The van der Waals surface area contributed by atoms with Gasteiger partial charge in [-0.3, -0.25) is 0 Å². The van der Waals surface area contributed by atoms with Gasteiger partial charge in [-0.2, -0.15) is 0 Å². The largest absolute Gasteiger partial charge is 0.344 e. The summed E-state index contributed by atoms with van der Waals surface area (Å²) in [6, 6.07) is 36.3. The molecule has 0 aliphatic heterocycles. The summed E-state index contributed by atoms with van der Waals surface area (Å²) in [5.74, 6) is 0. The van der Waals surface area contributed by atoms with Crippen molar-refractivity contribution >= 4 is 53.3 Å². The molecule has 8 rings (SSSR count). The van der Waals surface area contributed by atoms with Gasteiger partial charge in [0.15, 0.2) is 0 Å². The van der Waals surface area contributed by atoms with E-state index in [2.05, 4.69) is 123 Å². The molecule has 172 valence electrons. The lowest BCUT2D eigenvalue weighted by Gasteiger charge is -2.21. The van der Waals surface area contributed by atoms with Crippen LogP contribution in [0.4, 0.5) is 0 Å². The van der Waals surface area contributed by atoms with Crippen LogP contribution in [0.5, 0.6) is 0 Å². The molecule has 36 heavy (non-hydrogen) atoms. The molecule has 0 saturated heterocycles. The minimum Gasteiger partial charge on any atom is -0.344 e. The molecule has 1 aliphatic rings. The Morgan fingerprint density at radius 1 is 0.583 bits per heavy atom. The van der Waals surface area contributed by atoms with E-state index in [0.29, 0.717) is 0 Å². The van der Waals surface area contributed by atoms with E-state index in [1.54, 1.807) is 0 Å². The fourth-order valence-corrected chi connectivity index (χ4v) is 7.78. The van der Waals surface area contributed by atoms with Gasteiger partial charge in [0.25, 0.3) is 0 Å². The van der Waals surface area contributed by atoms with Crippen molar-refractivity contribution < 1.29 is 0 Å². The maximum absolute atomic E-state index is 2.46. The first kappa shape index (κ1) is 20.3. The maximum Gasteiger partial charge on any atom is 0.0495 e. The Labute approximate surface area is 214 Å². The molecule has 0 unspecified atom stereocenters. The van der Waals surface area contributed by atoms with Crippen molar-refractivity contribution in [2.45, 2.75) is 19.3 Å². The first-order valence-corrected chi connectivity index (χ1v) is 13.4. The van der Waals surface area contributed by atoms with Crippen molar-refractivity contribution in [2.24, 2.45) is 7.05 Å². The average molecular weight is 480 g/mol. The number of rotatable bonds is 1. The van der Waals surface area contributed by atoms with Gasteiger partial charge in [0.1, 0.15) is 0 Å². The van der Waals surface area contributed by atoms with Crippen LogP contribution in [0.25, 0.3) is 64.2 Å². The molecule has 2 heterocycles. The maximum atomic E-state index is 2.46. The van der Waals surface area contributed by atoms with Crippen LogP contribution in [0.15, 0.2) is 97.1 Å². The first-order chi connectivity index (χ1) is 17.5. The molecule has 1 aliphatic carbocycles. The second kappa shape index (κ2) is 6.87. The van der Waals surface area contributed by atoms with Crippen molar-refractivity contribution in [3.63, 3.8) is 0 Å². The highest BCUT2D eigenvalue weighted by atomic mass is 32.1. The molecule has 0 radical (unpaired) electrons. The van der Waals surface area contributed by atoms with Gasteiger partial charge >= 0.3 is 0 Å². The normalized spacial score (nSPS) is 14.2. The van der Waals surface area contributed by atoms with Crippen LogP contribution in [0.2, 0.25) is 0 Å². The lowest BCUT2D eigenvalue weighted by atomic mass is 9.82. The van der Waals surface area contributed by atoms with Crippen molar-refractivity contribution in [2.75, 3.05) is 0 Å². The van der Waals surface area contributed by atoms with Gasteiger partial charge in [0.05, 0.1) is 0 Å². The number of benzene rings is 5. The first-order valence-electron chi connectivity index (χ1n) is 12.6. The van der Waals surface area contributed by atoms with E-state index in [0.717, 1.165) is 0 Å². The standard InChI is InChI=1S/C34H25NS/c1-34(2)28-13-6-4-9-22(28)26-19-31-27(18-29(26)34)23-16-15-20(17-30(23)35(31)3)21-11-8-12-25-24-10-5-7-14-32(24)36-33(21)25/h4-19H,1-3H3. The van der Waals surface area contributed by atoms with Gasteiger partial charge in [-0.05, 0) is 57.6 Å². The van der Waals surface area contributed by atoms with Crippen molar-refractivity contribution in [1.29, 1.82) is 0 Å². The number of hydrogen-bond donors (Lipinski definition) is 0. The summed E-state index contributed by atoms with van der Waals surface area (Å²) >= 11 is 1.90. The van der Waals surface area contributed by atoms with Crippen LogP contribution >= 0.6 is 11.3 Å². The quantitative estimate of drug-likeness (QED) is 0.221. The topological polar surface area (TPSA) is 4.93 Å². The van der Waals surface area contributed by atoms with Crippen molar-refractivity contribution in [3.8, 4) is 22.3 Å². The second-order valence-electron chi connectivity index (χ2n) is 10.7. The molecule has 0 atom stereocenters. The number of fused-ring (bicyclic) bond motifs is 9. The Hall–Kier alpha value is -3.88. The lowest BCUT2D eigenvalue weighted by molar-refractivity contribution is 0.661. The van der Waals surface area contributed by atoms with Crippen LogP contribution in [0.1, 0.15) is 25.0 Å². The molecule has 0 amide bonds. The summed E-state index contributed by atoms with van der Waals surface area (Å²) in [6.45, 7) is 4.72. The molecule has 0 saturated carbocycles. The molecular formula is C34H25NS. The molecule has 0 N–H and O–H groups in total. The van der Waals surface area contributed by atoms with Crippen LogP contribution < -0.4 is 0 Å². The lowest BCUT2D eigenvalue weighted by Crippen LogP contribution is -2.14. The third kappa shape index (κ3) is 2.50. The highest BCUT2D eigenvalue weighted by molar-refractivity contribution is 7.26. The Kier molecular flexibility index (Phi) is 3.88.